The molecule has 0 radical (unpaired) electrons. The molecule has 1 heterocycles. The maximum Gasteiger partial charge on any atom is 0.0789 e. The van der Waals surface area contributed by atoms with Crippen molar-refractivity contribution >= 4 is 35.8 Å². The van der Waals surface area contributed by atoms with Crippen molar-refractivity contribution in [3.63, 3.8) is 0 Å². The second kappa shape index (κ2) is 5.86. The zero-order valence-electron chi connectivity index (χ0n) is 7.70. The molecular weight excluding hydrogens is 237 g/mol. The minimum absolute atomic E-state index is 0. The molecule has 2 rings (SSSR count). The molecule has 78 valence electrons. The lowest BCUT2D eigenvalue weighted by molar-refractivity contribution is 0.643. The van der Waals surface area contributed by atoms with Gasteiger partial charge < -0.3 is 5.32 Å². The summed E-state index contributed by atoms with van der Waals surface area (Å²) in [4.78, 5) is 0. The fourth-order valence-corrected chi connectivity index (χ4v) is 2.68. The Morgan fingerprint density at radius 2 is 2.00 bits per heavy atom. The normalized spacial score (nSPS) is 21.4. The number of rotatable bonds is 1. The summed E-state index contributed by atoms with van der Waals surface area (Å²) in [5.41, 5.74) is 1.33. The van der Waals surface area contributed by atoms with Crippen molar-refractivity contribution in [3.8, 4) is 0 Å². The molecule has 1 saturated heterocycles. The molecule has 1 N–H and O–H groups in total. The lowest BCUT2D eigenvalue weighted by atomic mass is 10.2. The number of hydrogen-bond donors (Lipinski definition) is 1. The van der Waals surface area contributed by atoms with E-state index in [0.717, 1.165) is 11.6 Å². The van der Waals surface area contributed by atoms with Gasteiger partial charge in [0.15, 0.2) is 0 Å². The van der Waals surface area contributed by atoms with Crippen molar-refractivity contribution in [1.29, 1.82) is 0 Å². The largest absolute Gasteiger partial charge is 0.302 e. The highest BCUT2D eigenvalue weighted by atomic mass is 35.5. The highest BCUT2D eigenvalue weighted by Crippen LogP contribution is 2.29. The van der Waals surface area contributed by atoms with Crippen LogP contribution in [0.4, 0.5) is 0 Å². The van der Waals surface area contributed by atoms with Gasteiger partial charge in [0.25, 0.3) is 0 Å². The van der Waals surface area contributed by atoms with Gasteiger partial charge in [-0.2, -0.15) is 0 Å². The lowest BCUT2D eigenvalue weighted by Gasteiger charge is -2.23. The van der Waals surface area contributed by atoms with Crippen LogP contribution < -0.4 is 5.32 Å². The van der Waals surface area contributed by atoms with E-state index < -0.39 is 0 Å². The molecule has 4 heteroatoms. The first-order chi connectivity index (χ1) is 6.36. The van der Waals surface area contributed by atoms with E-state index in [0.29, 0.717) is 5.37 Å². The Kier molecular flexibility index (Phi) is 5.10. The maximum absolute atomic E-state index is 5.82. The van der Waals surface area contributed by atoms with Gasteiger partial charge in [0, 0.05) is 5.02 Å². The van der Waals surface area contributed by atoms with Crippen LogP contribution in [0.5, 0.6) is 0 Å². The van der Waals surface area contributed by atoms with Crippen LogP contribution in [0.25, 0.3) is 0 Å². The molecule has 1 aliphatic heterocycles. The molecule has 0 bridgehead atoms. The third-order valence-electron chi connectivity index (χ3n) is 2.11. The Morgan fingerprint density at radius 1 is 1.29 bits per heavy atom. The minimum Gasteiger partial charge on any atom is -0.302 e. The summed E-state index contributed by atoms with van der Waals surface area (Å²) in [7, 11) is 0. The minimum atomic E-state index is 0. The van der Waals surface area contributed by atoms with E-state index in [1.165, 1.54) is 17.7 Å². The Bertz CT molecular complexity index is 270. The molecule has 14 heavy (non-hydrogen) atoms. The molecule has 1 aliphatic rings. The van der Waals surface area contributed by atoms with Crippen LogP contribution in [0.2, 0.25) is 5.02 Å². The van der Waals surface area contributed by atoms with E-state index >= 15 is 0 Å². The van der Waals surface area contributed by atoms with Crippen LogP contribution in [-0.2, 0) is 0 Å². The first-order valence-electron chi connectivity index (χ1n) is 4.47. The van der Waals surface area contributed by atoms with Gasteiger partial charge in [0.1, 0.15) is 0 Å². The van der Waals surface area contributed by atoms with E-state index in [4.69, 9.17) is 11.6 Å². The summed E-state index contributed by atoms with van der Waals surface area (Å²) in [5.74, 6) is 1.25. The van der Waals surface area contributed by atoms with Crippen LogP contribution in [0, 0.1) is 0 Å². The number of thioether (sulfide) groups is 1. The molecule has 1 unspecified atom stereocenters. The molecule has 0 saturated carbocycles. The standard InChI is InChI=1S/C10H12ClNS.ClH/c11-9-4-2-8(3-5-9)10-12-6-1-7-13-10;/h2-5,10,12H,1,6-7H2;1H. The van der Waals surface area contributed by atoms with Gasteiger partial charge in [0.05, 0.1) is 5.37 Å². The summed E-state index contributed by atoms with van der Waals surface area (Å²) < 4.78 is 0. The summed E-state index contributed by atoms with van der Waals surface area (Å²) in [6, 6.07) is 8.10. The van der Waals surface area contributed by atoms with E-state index in [1.807, 2.05) is 23.9 Å². The van der Waals surface area contributed by atoms with E-state index in [-0.39, 0.29) is 12.4 Å². The van der Waals surface area contributed by atoms with Gasteiger partial charge >= 0.3 is 0 Å². The summed E-state index contributed by atoms with van der Waals surface area (Å²) >= 11 is 7.79. The van der Waals surface area contributed by atoms with Gasteiger partial charge in [-0.25, -0.2) is 0 Å². The second-order valence-corrected chi connectivity index (χ2v) is 4.76. The molecular formula is C10H13Cl2NS. The van der Waals surface area contributed by atoms with Crippen LogP contribution in [0.1, 0.15) is 17.4 Å². The molecule has 0 aliphatic carbocycles. The lowest BCUT2D eigenvalue weighted by Crippen LogP contribution is -2.25. The van der Waals surface area contributed by atoms with Gasteiger partial charge in [-0.3, -0.25) is 0 Å². The molecule has 1 nitrogen and oxygen atoms in total. The monoisotopic (exact) mass is 249 g/mol. The Morgan fingerprint density at radius 3 is 2.57 bits per heavy atom. The van der Waals surface area contributed by atoms with Crippen molar-refractivity contribution in [2.75, 3.05) is 12.3 Å². The molecule has 0 amide bonds. The van der Waals surface area contributed by atoms with Crippen LogP contribution >= 0.6 is 35.8 Å². The summed E-state index contributed by atoms with van der Waals surface area (Å²) in [5, 5.41) is 4.75. The molecule has 0 spiro atoms. The van der Waals surface area contributed by atoms with Crippen LogP contribution in [0.3, 0.4) is 0 Å². The first kappa shape index (κ1) is 12.2. The van der Waals surface area contributed by atoms with Gasteiger partial charge in [-0.05, 0) is 36.4 Å². The predicted octanol–water partition coefficient (Wildman–Crippen LogP) is 3.49. The van der Waals surface area contributed by atoms with Gasteiger partial charge in [-0.15, -0.1) is 24.2 Å². The third kappa shape index (κ3) is 3.06. The molecule has 0 aromatic heterocycles. The SMILES string of the molecule is Cl.Clc1ccc(C2NCCCS2)cc1. The molecule has 1 atom stereocenters. The molecule has 1 fully saturated rings. The van der Waals surface area contributed by atoms with Gasteiger partial charge in [0.2, 0.25) is 0 Å². The highest BCUT2D eigenvalue weighted by Gasteiger charge is 2.14. The first-order valence-corrected chi connectivity index (χ1v) is 5.89. The number of nitrogens with one attached hydrogen (secondary N) is 1. The van der Waals surface area contributed by atoms with Crippen molar-refractivity contribution in [1.82, 2.24) is 5.32 Å². The highest BCUT2D eigenvalue weighted by molar-refractivity contribution is 7.99. The topological polar surface area (TPSA) is 12.0 Å². The zero-order valence-corrected chi connectivity index (χ0v) is 10.1. The summed E-state index contributed by atoms with van der Waals surface area (Å²) in [6.07, 6.45) is 1.27. The Hall–Kier alpha value is 0.110. The zero-order chi connectivity index (χ0) is 9.10. The van der Waals surface area contributed by atoms with Crippen molar-refractivity contribution in [2.24, 2.45) is 0 Å². The van der Waals surface area contributed by atoms with Crippen LogP contribution in [-0.4, -0.2) is 12.3 Å². The Labute approximate surface area is 100 Å². The molecule has 1 aromatic carbocycles. The smallest absolute Gasteiger partial charge is 0.0789 e. The predicted molar refractivity (Wildman–Crippen MR) is 66.5 cm³/mol. The van der Waals surface area contributed by atoms with E-state index in [1.54, 1.807) is 0 Å². The van der Waals surface area contributed by atoms with Crippen molar-refractivity contribution in [3.05, 3.63) is 34.9 Å². The fourth-order valence-electron chi connectivity index (χ4n) is 1.42. The average Bonchev–Trinajstić information content (AvgIpc) is 2.20. The molecule has 1 aromatic rings. The van der Waals surface area contributed by atoms with Gasteiger partial charge in [-0.1, -0.05) is 23.7 Å². The van der Waals surface area contributed by atoms with Crippen molar-refractivity contribution in [2.45, 2.75) is 11.8 Å². The Balaban J connectivity index is 0.000000980. The third-order valence-corrected chi connectivity index (χ3v) is 3.66. The van der Waals surface area contributed by atoms with E-state index in [9.17, 15) is 0 Å². The van der Waals surface area contributed by atoms with Crippen molar-refractivity contribution < 1.29 is 0 Å². The maximum atomic E-state index is 5.82. The summed E-state index contributed by atoms with van der Waals surface area (Å²) in [6.45, 7) is 1.13. The number of hydrogen-bond acceptors (Lipinski definition) is 2. The number of benzene rings is 1. The van der Waals surface area contributed by atoms with Crippen LogP contribution in [0.15, 0.2) is 24.3 Å². The number of halogens is 2. The quantitative estimate of drug-likeness (QED) is 0.818. The van der Waals surface area contributed by atoms with E-state index in [2.05, 4.69) is 17.4 Å². The average molecular weight is 250 g/mol. The fraction of sp³-hybridized carbons (Fsp3) is 0.400. The second-order valence-electron chi connectivity index (χ2n) is 3.11.